The second-order valence-electron chi connectivity index (χ2n) is 4.64. The van der Waals surface area contributed by atoms with E-state index in [9.17, 15) is 15.2 Å². The maximum atomic E-state index is 11.2. The van der Waals surface area contributed by atoms with Crippen LogP contribution in [0.25, 0.3) is 0 Å². The lowest BCUT2D eigenvalue weighted by atomic mass is 9.93. The van der Waals surface area contributed by atoms with Gasteiger partial charge in [0.25, 0.3) is 5.69 Å². The lowest BCUT2D eigenvalue weighted by molar-refractivity contribution is -0.386. The summed E-state index contributed by atoms with van der Waals surface area (Å²) in [4.78, 5) is 14.5. The Hall–Kier alpha value is -2.16. The summed E-state index contributed by atoms with van der Waals surface area (Å²) in [6.45, 7) is 7.00. The molecule has 0 saturated carbocycles. The minimum atomic E-state index is -0.530. The van der Waals surface area contributed by atoms with Crippen LogP contribution in [0.2, 0.25) is 0 Å². The molecule has 96 valence electrons. The molecule has 0 bridgehead atoms. The maximum absolute atomic E-state index is 11.2. The molecule has 0 unspecified atom stereocenters. The first-order valence-electron chi connectivity index (χ1n) is 5.62. The summed E-state index contributed by atoms with van der Waals surface area (Å²) in [5.41, 5.74) is 0.189. The Bertz CT molecular complexity index is 530. The van der Waals surface area contributed by atoms with Crippen LogP contribution in [-0.4, -0.2) is 15.0 Å². The molecular weight excluding hydrogens is 234 g/mol. The van der Waals surface area contributed by atoms with Gasteiger partial charge in [0.2, 0.25) is 5.88 Å². The third-order valence-corrected chi connectivity index (χ3v) is 2.64. The molecule has 0 fully saturated rings. The minimum absolute atomic E-state index is 0.110. The van der Waals surface area contributed by atoms with Crippen molar-refractivity contribution in [3.05, 3.63) is 26.9 Å². The van der Waals surface area contributed by atoms with Crippen molar-refractivity contribution in [1.82, 2.24) is 4.98 Å². The Morgan fingerprint density at radius 3 is 2.22 bits per heavy atom. The van der Waals surface area contributed by atoms with E-state index in [1.54, 1.807) is 33.8 Å². The molecule has 6 heteroatoms. The molecule has 0 atom stereocenters. The standard InChI is InChI=1S/C12H15N3O3/c1-6(2)9-8(5-13)12(16)14-10(7(3)4)11(9)15(17)18/h6-7H,1-4H3,(H,14,16). The molecule has 1 heterocycles. The molecule has 0 radical (unpaired) electrons. The van der Waals surface area contributed by atoms with Crippen LogP contribution in [0.15, 0.2) is 0 Å². The molecule has 1 aromatic heterocycles. The molecule has 0 aromatic carbocycles. The Morgan fingerprint density at radius 1 is 1.33 bits per heavy atom. The lowest BCUT2D eigenvalue weighted by Crippen LogP contribution is -2.08. The Labute approximate surface area is 105 Å². The van der Waals surface area contributed by atoms with Gasteiger partial charge in [0.1, 0.15) is 17.3 Å². The fourth-order valence-electron chi connectivity index (χ4n) is 1.87. The average molecular weight is 249 g/mol. The summed E-state index contributed by atoms with van der Waals surface area (Å²) in [6.07, 6.45) is 0. The number of pyridine rings is 1. The summed E-state index contributed by atoms with van der Waals surface area (Å²) < 4.78 is 0. The lowest BCUT2D eigenvalue weighted by Gasteiger charge is -2.14. The van der Waals surface area contributed by atoms with Gasteiger partial charge in [-0.3, -0.25) is 10.1 Å². The molecule has 1 aromatic rings. The van der Waals surface area contributed by atoms with Crippen LogP contribution >= 0.6 is 0 Å². The SMILES string of the molecule is CC(C)c1nc(O)c(C#N)c(C(C)C)c1[N+](=O)[O-]. The van der Waals surface area contributed by atoms with E-state index < -0.39 is 10.8 Å². The highest BCUT2D eigenvalue weighted by atomic mass is 16.6. The number of nitro groups is 1. The van der Waals surface area contributed by atoms with E-state index in [1.165, 1.54) is 0 Å². The first-order valence-corrected chi connectivity index (χ1v) is 5.62. The topological polar surface area (TPSA) is 100 Å². The number of hydrogen-bond acceptors (Lipinski definition) is 5. The zero-order valence-electron chi connectivity index (χ0n) is 10.8. The second kappa shape index (κ2) is 5.00. The van der Waals surface area contributed by atoms with E-state index in [4.69, 9.17) is 5.26 Å². The summed E-state index contributed by atoms with van der Waals surface area (Å²) in [6, 6.07) is 1.79. The molecule has 0 amide bonds. The van der Waals surface area contributed by atoms with Gasteiger partial charge in [-0.2, -0.15) is 5.26 Å². The van der Waals surface area contributed by atoms with Crippen LogP contribution < -0.4 is 0 Å². The fourth-order valence-corrected chi connectivity index (χ4v) is 1.87. The van der Waals surface area contributed by atoms with Crippen molar-refractivity contribution in [2.75, 3.05) is 0 Å². The zero-order valence-corrected chi connectivity index (χ0v) is 10.8. The van der Waals surface area contributed by atoms with Crippen LogP contribution in [0.3, 0.4) is 0 Å². The van der Waals surface area contributed by atoms with Crippen molar-refractivity contribution < 1.29 is 10.0 Å². The van der Waals surface area contributed by atoms with Crippen molar-refractivity contribution in [3.8, 4) is 11.9 Å². The quantitative estimate of drug-likeness (QED) is 0.655. The normalized spacial score (nSPS) is 10.7. The first-order chi connectivity index (χ1) is 8.31. The van der Waals surface area contributed by atoms with E-state index in [0.29, 0.717) is 0 Å². The summed E-state index contributed by atoms with van der Waals surface area (Å²) in [7, 11) is 0. The Balaban J connectivity index is 3.82. The largest absolute Gasteiger partial charge is 0.492 e. The monoisotopic (exact) mass is 249 g/mol. The second-order valence-corrected chi connectivity index (χ2v) is 4.64. The highest BCUT2D eigenvalue weighted by Gasteiger charge is 2.30. The van der Waals surface area contributed by atoms with E-state index in [1.807, 2.05) is 0 Å². The molecule has 0 aliphatic rings. The van der Waals surface area contributed by atoms with Gasteiger partial charge >= 0.3 is 0 Å². The number of nitriles is 1. The Morgan fingerprint density at radius 2 is 1.89 bits per heavy atom. The van der Waals surface area contributed by atoms with Gasteiger partial charge in [-0.05, 0) is 5.92 Å². The van der Waals surface area contributed by atoms with Crippen molar-refractivity contribution in [3.63, 3.8) is 0 Å². The number of hydrogen-bond donors (Lipinski definition) is 1. The highest BCUT2D eigenvalue weighted by Crippen LogP contribution is 2.38. The van der Waals surface area contributed by atoms with Crippen LogP contribution in [0, 0.1) is 21.4 Å². The third-order valence-electron chi connectivity index (χ3n) is 2.64. The summed E-state index contributed by atoms with van der Waals surface area (Å²) >= 11 is 0. The van der Waals surface area contributed by atoms with E-state index >= 15 is 0 Å². The smallest absolute Gasteiger partial charge is 0.296 e. The van der Waals surface area contributed by atoms with Gasteiger partial charge < -0.3 is 5.11 Å². The molecule has 1 rings (SSSR count). The van der Waals surface area contributed by atoms with Crippen LogP contribution in [0.4, 0.5) is 5.69 Å². The fraction of sp³-hybridized carbons (Fsp3) is 0.500. The molecule has 0 aliphatic heterocycles. The predicted molar refractivity (Wildman–Crippen MR) is 65.4 cm³/mol. The Kier molecular flexibility index (Phi) is 3.86. The van der Waals surface area contributed by atoms with Crippen LogP contribution in [0.5, 0.6) is 5.88 Å². The zero-order chi connectivity index (χ0) is 14.0. The minimum Gasteiger partial charge on any atom is -0.492 e. The van der Waals surface area contributed by atoms with Gasteiger partial charge in [0.15, 0.2) is 0 Å². The maximum Gasteiger partial charge on any atom is 0.296 e. The van der Waals surface area contributed by atoms with Crippen LogP contribution in [-0.2, 0) is 0 Å². The first kappa shape index (κ1) is 13.9. The van der Waals surface area contributed by atoms with E-state index in [-0.39, 0.29) is 34.3 Å². The molecule has 0 aliphatic carbocycles. The number of nitrogens with zero attached hydrogens (tertiary/aromatic N) is 3. The van der Waals surface area contributed by atoms with Gasteiger partial charge in [-0.15, -0.1) is 0 Å². The molecular formula is C12H15N3O3. The van der Waals surface area contributed by atoms with Gasteiger partial charge in [-0.25, -0.2) is 4.98 Å². The van der Waals surface area contributed by atoms with Gasteiger partial charge in [0, 0.05) is 5.92 Å². The van der Waals surface area contributed by atoms with Crippen molar-refractivity contribution in [2.24, 2.45) is 0 Å². The number of aromatic hydroxyl groups is 1. The predicted octanol–water partition coefficient (Wildman–Crippen LogP) is 2.81. The summed E-state index contributed by atoms with van der Waals surface area (Å²) in [5.74, 6) is -0.886. The molecule has 0 saturated heterocycles. The molecule has 6 nitrogen and oxygen atoms in total. The van der Waals surface area contributed by atoms with Gasteiger partial charge in [0.05, 0.1) is 10.5 Å². The van der Waals surface area contributed by atoms with E-state index in [0.717, 1.165) is 0 Å². The van der Waals surface area contributed by atoms with Crippen LogP contribution in [0.1, 0.15) is 56.4 Å². The van der Waals surface area contributed by atoms with Crippen molar-refractivity contribution in [2.45, 2.75) is 39.5 Å². The van der Waals surface area contributed by atoms with Crippen molar-refractivity contribution in [1.29, 1.82) is 5.26 Å². The average Bonchev–Trinajstić information content (AvgIpc) is 2.26. The van der Waals surface area contributed by atoms with Crippen molar-refractivity contribution >= 4 is 5.69 Å². The molecule has 18 heavy (non-hydrogen) atoms. The van der Waals surface area contributed by atoms with Gasteiger partial charge in [-0.1, -0.05) is 27.7 Å². The highest BCUT2D eigenvalue weighted by molar-refractivity contribution is 5.59. The number of aromatic nitrogens is 1. The van der Waals surface area contributed by atoms with E-state index in [2.05, 4.69) is 4.98 Å². The number of rotatable bonds is 3. The third kappa shape index (κ3) is 2.25. The molecule has 0 spiro atoms. The summed E-state index contributed by atoms with van der Waals surface area (Å²) in [5, 5.41) is 29.9. The molecule has 1 N–H and O–H groups in total.